The lowest BCUT2D eigenvalue weighted by Crippen LogP contribution is -2.41. The van der Waals surface area contributed by atoms with E-state index in [1.807, 2.05) is 19.3 Å². The second-order valence-corrected chi connectivity index (χ2v) is 4.88. The Morgan fingerprint density at radius 2 is 2.33 bits per heavy atom. The molecule has 18 heavy (non-hydrogen) atoms. The molecule has 0 bridgehead atoms. The van der Waals surface area contributed by atoms with Crippen LogP contribution in [0.1, 0.15) is 45.0 Å². The maximum Gasteiger partial charge on any atom is 0.129 e. The van der Waals surface area contributed by atoms with Crippen molar-refractivity contribution in [3.05, 3.63) is 18.2 Å². The smallest absolute Gasteiger partial charge is 0.129 e. The van der Waals surface area contributed by atoms with Crippen LogP contribution in [-0.2, 0) is 11.3 Å². The van der Waals surface area contributed by atoms with Crippen molar-refractivity contribution in [2.24, 2.45) is 11.8 Å². The summed E-state index contributed by atoms with van der Waals surface area (Å²) in [6.45, 7) is 5.88. The average molecular weight is 252 g/mol. The monoisotopic (exact) mass is 252 g/mol. The third-order valence-electron chi connectivity index (χ3n) is 3.44. The van der Waals surface area contributed by atoms with E-state index >= 15 is 0 Å². The lowest BCUT2D eigenvalue weighted by molar-refractivity contribution is 0.0154. The fourth-order valence-electron chi connectivity index (χ4n) is 2.47. The minimum Gasteiger partial charge on any atom is -0.376 e. The number of hydrogen-bond acceptors (Lipinski definition) is 4. The first-order valence-corrected chi connectivity index (χ1v) is 6.90. The maximum atomic E-state index is 5.88. The number of imidazole rings is 1. The Labute approximate surface area is 109 Å². The van der Waals surface area contributed by atoms with E-state index in [1.165, 1.54) is 12.8 Å². The molecule has 102 valence electrons. The minimum absolute atomic E-state index is 0.0148. The lowest BCUT2D eigenvalue weighted by Gasteiger charge is -2.26. The average Bonchev–Trinajstić information content (AvgIpc) is 3.12. The van der Waals surface area contributed by atoms with Gasteiger partial charge in [0.1, 0.15) is 11.9 Å². The number of nitrogens with two attached hydrogens (primary N) is 1. The molecule has 0 amide bonds. The Hall–Kier alpha value is -0.910. The van der Waals surface area contributed by atoms with Gasteiger partial charge in [-0.05, 0) is 32.1 Å². The molecule has 1 aliphatic carbocycles. The SMILES string of the molecule is CCCn1ccnc1C(NN)C(OCC)C1CC1. The van der Waals surface area contributed by atoms with Gasteiger partial charge in [-0.2, -0.15) is 0 Å². The van der Waals surface area contributed by atoms with Crippen molar-refractivity contribution >= 4 is 0 Å². The molecule has 0 spiro atoms. The molecular weight excluding hydrogens is 228 g/mol. The first-order valence-electron chi connectivity index (χ1n) is 6.90. The first-order chi connectivity index (χ1) is 8.81. The van der Waals surface area contributed by atoms with Gasteiger partial charge in [-0.15, -0.1) is 0 Å². The van der Waals surface area contributed by atoms with Crippen molar-refractivity contribution < 1.29 is 4.74 Å². The van der Waals surface area contributed by atoms with Gasteiger partial charge in [0.2, 0.25) is 0 Å². The minimum atomic E-state index is -0.0148. The fraction of sp³-hybridized carbons (Fsp3) is 0.769. The van der Waals surface area contributed by atoms with Crippen LogP contribution in [0.4, 0.5) is 0 Å². The molecule has 0 aliphatic heterocycles. The van der Waals surface area contributed by atoms with Crippen molar-refractivity contribution in [1.29, 1.82) is 0 Å². The molecule has 1 aliphatic rings. The van der Waals surface area contributed by atoms with Crippen molar-refractivity contribution in [2.45, 2.75) is 51.8 Å². The summed E-state index contributed by atoms with van der Waals surface area (Å²) in [5.41, 5.74) is 2.90. The molecule has 1 saturated carbocycles. The summed E-state index contributed by atoms with van der Waals surface area (Å²) >= 11 is 0. The van der Waals surface area contributed by atoms with Crippen molar-refractivity contribution in [2.75, 3.05) is 6.61 Å². The predicted octanol–water partition coefficient (Wildman–Crippen LogP) is 1.61. The molecule has 1 fully saturated rings. The highest BCUT2D eigenvalue weighted by molar-refractivity contribution is 5.05. The van der Waals surface area contributed by atoms with Gasteiger partial charge in [-0.1, -0.05) is 6.92 Å². The van der Waals surface area contributed by atoms with E-state index in [4.69, 9.17) is 10.6 Å². The summed E-state index contributed by atoms with van der Waals surface area (Å²) in [5.74, 6) is 7.36. The molecule has 2 atom stereocenters. The highest BCUT2D eigenvalue weighted by Gasteiger charge is 2.39. The number of hydrazine groups is 1. The normalized spacial score (nSPS) is 18.8. The Bertz CT molecular complexity index is 362. The molecule has 5 nitrogen and oxygen atoms in total. The van der Waals surface area contributed by atoms with E-state index in [0.717, 1.165) is 18.8 Å². The third kappa shape index (κ3) is 2.91. The summed E-state index contributed by atoms with van der Waals surface area (Å²) in [7, 11) is 0. The van der Waals surface area contributed by atoms with Gasteiger partial charge in [0.15, 0.2) is 0 Å². The van der Waals surface area contributed by atoms with Crippen molar-refractivity contribution in [1.82, 2.24) is 15.0 Å². The number of aromatic nitrogens is 2. The zero-order valence-corrected chi connectivity index (χ0v) is 11.3. The quantitative estimate of drug-likeness (QED) is 0.545. The predicted molar refractivity (Wildman–Crippen MR) is 70.7 cm³/mol. The summed E-state index contributed by atoms with van der Waals surface area (Å²) in [6, 6.07) is -0.0148. The van der Waals surface area contributed by atoms with Gasteiger partial charge in [0.25, 0.3) is 0 Å². The highest BCUT2D eigenvalue weighted by Crippen LogP contribution is 2.39. The van der Waals surface area contributed by atoms with E-state index in [1.54, 1.807) is 0 Å². The number of ether oxygens (including phenoxy) is 1. The summed E-state index contributed by atoms with van der Waals surface area (Å²) in [6.07, 6.45) is 7.54. The van der Waals surface area contributed by atoms with Crippen molar-refractivity contribution in [3.63, 3.8) is 0 Å². The third-order valence-corrected chi connectivity index (χ3v) is 3.44. The molecule has 5 heteroatoms. The van der Waals surface area contributed by atoms with E-state index < -0.39 is 0 Å². The largest absolute Gasteiger partial charge is 0.376 e. The van der Waals surface area contributed by atoms with E-state index in [0.29, 0.717) is 12.5 Å². The van der Waals surface area contributed by atoms with Crippen LogP contribution in [0, 0.1) is 5.92 Å². The molecular formula is C13H24N4O. The molecule has 1 heterocycles. The molecule has 2 rings (SSSR count). The zero-order valence-electron chi connectivity index (χ0n) is 11.3. The van der Waals surface area contributed by atoms with Crippen LogP contribution in [-0.4, -0.2) is 22.3 Å². The topological polar surface area (TPSA) is 65.1 Å². The van der Waals surface area contributed by atoms with E-state index in [9.17, 15) is 0 Å². The Balaban J connectivity index is 2.16. The van der Waals surface area contributed by atoms with Crippen LogP contribution < -0.4 is 11.3 Å². The Morgan fingerprint density at radius 3 is 2.89 bits per heavy atom. The fourth-order valence-corrected chi connectivity index (χ4v) is 2.47. The highest BCUT2D eigenvalue weighted by atomic mass is 16.5. The van der Waals surface area contributed by atoms with Crippen molar-refractivity contribution in [3.8, 4) is 0 Å². The van der Waals surface area contributed by atoms with Gasteiger partial charge < -0.3 is 9.30 Å². The van der Waals surface area contributed by atoms with Crippen LogP contribution in [0.3, 0.4) is 0 Å². The molecule has 0 radical (unpaired) electrons. The first kappa shape index (κ1) is 13.5. The number of rotatable bonds is 8. The van der Waals surface area contributed by atoms with Crippen LogP contribution in [0.2, 0.25) is 0 Å². The summed E-state index contributed by atoms with van der Waals surface area (Å²) < 4.78 is 8.05. The van der Waals surface area contributed by atoms with Crippen LogP contribution in [0.5, 0.6) is 0 Å². The van der Waals surface area contributed by atoms with Crippen LogP contribution in [0.15, 0.2) is 12.4 Å². The van der Waals surface area contributed by atoms with Crippen LogP contribution >= 0.6 is 0 Å². The number of nitrogens with one attached hydrogen (secondary N) is 1. The number of nitrogens with zero attached hydrogens (tertiary/aromatic N) is 2. The second kappa shape index (κ2) is 6.31. The molecule has 0 aromatic carbocycles. The molecule has 3 N–H and O–H groups in total. The zero-order chi connectivity index (χ0) is 13.0. The van der Waals surface area contributed by atoms with Gasteiger partial charge in [0, 0.05) is 25.5 Å². The Kier molecular flexibility index (Phi) is 4.74. The second-order valence-electron chi connectivity index (χ2n) is 4.88. The van der Waals surface area contributed by atoms with Gasteiger partial charge >= 0.3 is 0 Å². The lowest BCUT2D eigenvalue weighted by atomic mass is 10.1. The molecule has 1 aromatic rings. The van der Waals surface area contributed by atoms with Gasteiger partial charge in [-0.25, -0.2) is 10.4 Å². The molecule has 2 unspecified atom stereocenters. The summed E-state index contributed by atoms with van der Waals surface area (Å²) in [4.78, 5) is 4.46. The van der Waals surface area contributed by atoms with Gasteiger partial charge in [0.05, 0.1) is 6.10 Å². The van der Waals surface area contributed by atoms with E-state index in [2.05, 4.69) is 21.9 Å². The number of hydrogen-bond donors (Lipinski definition) is 2. The Morgan fingerprint density at radius 1 is 1.56 bits per heavy atom. The number of aryl methyl sites for hydroxylation is 1. The van der Waals surface area contributed by atoms with Crippen LogP contribution in [0.25, 0.3) is 0 Å². The standard InChI is InChI=1S/C13H24N4O/c1-3-8-17-9-7-15-13(17)11(16-14)12(18-4-2)10-5-6-10/h7,9-12,16H,3-6,8,14H2,1-2H3. The summed E-state index contributed by atoms with van der Waals surface area (Å²) in [5, 5.41) is 0. The molecule has 1 aromatic heterocycles. The van der Waals surface area contributed by atoms with E-state index in [-0.39, 0.29) is 12.1 Å². The molecule has 0 saturated heterocycles. The van der Waals surface area contributed by atoms with Gasteiger partial charge in [-0.3, -0.25) is 5.84 Å². The maximum absolute atomic E-state index is 5.88.